The van der Waals surface area contributed by atoms with Crippen molar-refractivity contribution in [2.75, 3.05) is 33.2 Å². The Morgan fingerprint density at radius 3 is 2.30 bits per heavy atom. The Kier molecular flexibility index (Phi) is 10.3. The number of rotatable bonds is 6. The second kappa shape index (κ2) is 11.5. The van der Waals surface area contributed by atoms with Gasteiger partial charge in [-0.15, -0.1) is 24.0 Å². The minimum absolute atomic E-state index is 0. The van der Waals surface area contributed by atoms with Gasteiger partial charge >= 0.3 is 15.5 Å². The van der Waals surface area contributed by atoms with Crippen molar-refractivity contribution >= 4 is 40.0 Å². The highest BCUT2D eigenvalue weighted by atomic mass is 127. The van der Waals surface area contributed by atoms with E-state index in [0.717, 1.165) is 5.56 Å². The second-order valence-corrected chi connectivity index (χ2v) is 8.90. The Morgan fingerprint density at radius 2 is 1.80 bits per heavy atom. The maximum Gasteiger partial charge on any atom is 0.511 e. The van der Waals surface area contributed by atoms with Gasteiger partial charge in [-0.05, 0) is 43.4 Å². The summed E-state index contributed by atoms with van der Waals surface area (Å²) in [6.45, 7) is 3.12. The summed E-state index contributed by atoms with van der Waals surface area (Å²) in [6, 6.07) is 6.14. The van der Waals surface area contributed by atoms with Crippen molar-refractivity contribution in [3.05, 3.63) is 35.6 Å². The summed E-state index contributed by atoms with van der Waals surface area (Å²) in [6.07, 6.45) is 0.639. The van der Waals surface area contributed by atoms with E-state index in [2.05, 4.69) is 10.3 Å². The number of halogens is 5. The van der Waals surface area contributed by atoms with Crippen LogP contribution in [-0.2, 0) is 16.6 Å². The summed E-state index contributed by atoms with van der Waals surface area (Å²) in [5.41, 5.74) is -4.36. The molecule has 1 aliphatic heterocycles. The van der Waals surface area contributed by atoms with E-state index >= 15 is 0 Å². The van der Waals surface area contributed by atoms with Crippen molar-refractivity contribution in [3.63, 3.8) is 0 Å². The molecule has 0 unspecified atom stereocenters. The highest BCUT2D eigenvalue weighted by molar-refractivity contribution is 14.0. The first-order valence-corrected chi connectivity index (χ1v) is 10.8. The summed E-state index contributed by atoms with van der Waals surface area (Å²) in [5, 5.41) is 3.15. The van der Waals surface area contributed by atoms with Crippen LogP contribution in [0.1, 0.15) is 25.3 Å². The summed E-state index contributed by atoms with van der Waals surface area (Å²) in [5.74, 6) is 0.320. The van der Waals surface area contributed by atoms with E-state index in [-0.39, 0.29) is 48.8 Å². The molecule has 0 amide bonds. The average molecular weight is 566 g/mol. The molecule has 1 N–H and O–H groups in total. The molecule has 0 radical (unpaired) electrons. The summed E-state index contributed by atoms with van der Waals surface area (Å²) in [7, 11) is -3.43. The zero-order valence-corrected chi connectivity index (χ0v) is 20.0. The van der Waals surface area contributed by atoms with Gasteiger partial charge in [0.25, 0.3) is 0 Å². The molecule has 0 aliphatic carbocycles. The van der Waals surface area contributed by atoms with Gasteiger partial charge in [-0.3, -0.25) is 4.99 Å². The molecule has 0 spiro atoms. The van der Waals surface area contributed by atoms with E-state index in [4.69, 9.17) is 0 Å². The molecular formula is C18H27F4IN4O2S. The normalized spacial score (nSPS) is 16.8. The van der Waals surface area contributed by atoms with E-state index in [1.165, 1.54) is 12.1 Å². The predicted molar refractivity (Wildman–Crippen MR) is 119 cm³/mol. The fourth-order valence-corrected chi connectivity index (χ4v) is 4.09. The van der Waals surface area contributed by atoms with Crippen LogP contribution in [-0.4, -0.2) is 62.3 Å². The number of guanidine groups is 1. The fourth-order valence-electron chi connectivity index (χ4n) is 3.10. The first kappa shape index (κ1) is 26.9. The molecule has 1 aliphatic rings. The van der Waals surface area contributed by atoms with Crippen LogP contribution in [0.5, 0.6) is 0 Å². The first-order chi connectivity index (χ1) is 13.5. The van der Waals surface area contributed by atoms with Crippen molar-refractivity contribution in [2.24, 2.45) is 10.9 Å². The van der Waals surface area contributed by atoms with Crippen LogP contribution < -0.4 is 5.32 Å². The minimum atomic E-state index is -5.26. The molecule has 1 fully saturated rings. The SMILES string of the molecule is CCNC(=NCC1CCN(S(=O)(=O)C(F)(F)F)CC1)N(C)Cc1ccc(F)cc1.I. The topological polar surface area (TPSA) is 65.0 Å². The standard InChI is InChI=1S/C18H26F4N4O2S.HI/c1-3-23-17(25(2)13-15-4-6-16(19)7-5-15)24-12-14-8-10-26(11-9-14)29(27,28)18(20,21)22;/h4-7,14H,3,8-13H2,1-2H3,(H,23,24);1H. The molecule has 2 rings (SSSR count). The number of hydrogen-bond acceptors (Lipinski definition) is 3. The molecule has 30 heavy (non-hydrogen) atoms. The molecule has 6 nitrogen and oxygen atoms in total. The van der Waals surface area contributed by atoms with Crippen LogP contribution in [0.4, 0.5) is 17.6 Å². The van der Waals surface area contributed by atoms with E-state index in [0.29, 0.717) is 42.7 Å². The van der Waals surface area contributed by atoms with Crippen LogP contribution in [0.2, 0.25) is 0 Å². The van der Waals surface area contributed by atoms with Gasteiger partial charge in [0.05, 0.1) is 0 Å². The number of benzene rings is 1. The van der Waals surface area contributed by atoms with Gasteiger partial charge in [0, 0.05) is 39.8 Å². The number of hydrogen-bond donors (Lipinski definition) is 1. The minimum Gasteiger partial charge on any atom is -0.357 e. The first-order valence-electron chi connectivity index (χ1n) is 9.35. The molecule has 1 saturated heterocycles. The molecule has 0 saturated carbocycles. The highest BCUT2D eigenvalue weighted by Gasteiger charge is 2.50. The third-order valence-electron chi connectivity index (χ3n) is 4.73. The van der Waals surface area contributed by atoms with Gasteiger partial charge in [-0.1, -0.05) is 12.1 Å². The fraction of sp³-hybridized carbons (Fsp3) is 0.611. The van der Waals surface area contributed by atoms with Crippen molar-refractivity contribution in [2.45, 2.75) is 31.8 Å². The molecule has 0 atom stereocenters. The lowest BCUT2D eigenvalue weighted by Crippen LogP contribution is -2.45. The van der Waals surface area contributed by atoms with Crippen LogP contribution in [0.15, 0.2) is 29.3 Å². The summed E-state index contributed by atoms with van der Waals surface area (Å²) < 4.78 is 74.5. The van der Waals surface area contributed by atoms with E-state index < -0.39 is 15.5 Å². The Morgan fingerprint density at radius 1 is 1.23 bits per heavy atom. The highest BCUT2D eigenvalue weighted by Crippen LogP contribution is 2.30. The molecule has 1 heterocycles. The van der Waals surface area contributed by atoms with Crippen LogP contribution in [0.3, 0.4) is 0 Å². The number of alkyl halides is 3. The van der Waals surface area contributed by atoms with Gasteiger partial charge in [0.1, 0.15) is 5.82 Å². The molecule has 1 aromatic carbocycles. The van der Waals surface area contributed by atoms with Gasteiger partial charge in [-0.25, -0.2) is 12.8 Å². The van der Waals surface area contributed by atoms with Gasteiger partial charge in [0.2, 0.25) is 0 Å². The molecule has 12 heteroatoms. The van der Waals surface area contributed by atoms with Crippen molar-refractivity contribution in [1.29, 1.82) is 0 Å². The van der Waals surface area contributed by atoms with Crippen LogP contribution in [0.25, 0.3) is 0 Å². The third-order valence-corrected chi connectivity index (χ3v) is 6.36. The number of piperidine rings is 1. The smallest absolute Gasteiger partial charge is 0.357 e. The number of nitrogens with zero attached hydrogens (tertiary/aromatic N) is 3. The number of aliphatic imine (C=N–C) groups is 1. The third kappa shape index (κ3) is 7.22. The van der Waals surface area contributed by atoms with E-state index in [9.17, 15) is 26.0 Å². The zero-order chi connectivity index (χ0) is 21.7. The van der Waals surface area contributed by atoms with Crippen LogP contribution in [0, 0.1) is 11.7 Å². The van der Waals surface area contributed by atoms with Crippen molar-refractivity contribution in [3.8, 4) is 0 Å². The van der Waals surface area contributed by atoms with Gasteiger partial charge in [0.15, 0.2) is 5.96 Å². The lowest BCUT2D eigenvalue weighted by molar-refractivity contribution is -0.0496. The molecule has 0 aromatic heterocycles. The monoisotopic (exact) mass is 566 g/mol. The van der Waals surface area contributed by atoms with E-state index in [1.807, 2.05) is 18.9 Å². The largest absolute Gasteiger partial charge is 0.511 e. The molecule has 0 bridgehead atoms. The van der Waals surface area contributed by atoms with Gasteiger partial charge < -0.3 is 10.2 Å². The molecular weight excluding hydrogens is 539 g/mol. The predicted octanol–water partition coefficient (Wildman–Crippen LogP) is 3.40. The number of sulfonamides is 1. The lowest BCUT2D eigenvalue weighted by Gasteiger charge is -2.31. The second-order valence-electron chi connectivity index (χ2n) is 6.97. The average Bonchev–Trinajstić information content (AvgIpc) is 2.66. The lowest BCUT2D eigenvalue weighted by atomic mass is 9.98. The quantitative estimate of drug-likeness (QED) is 0.248. The van der Waals surface area contributed by atoms with Crippen LogP contribution >= 0.6 is 24.0 Å². The summed E-state index contributed by atoms with van der Waals surface area (Å²) >= 11 is 0. The summed E-state index contributed by atoms with van der Waals surface area (Å²) in [4.78, 5) is 6.43. The Labute approximate surface area is 191 Å². The maximum absolute atomic E-state index is 13.0. The zero-order valence-electron chi connectivity index (χ0n) is 16.8. The van der Waals surface area contributed by atoms with Gasteiger partial charge in [-0.2, -0.15) is 17.5 Å². The Hall–Kier alpha value is -1.15. The van der Waals surface area contributed by atoms with Crippen molar-refractivity contribution < 1.29 is 26.0 Å². The Bertz CT molecular complexity index is 795. The van der Waals surface area contributed by atoms with Crippen molar-refractivity contribution in [1.82, 2.24) is 14.5 Å². The maximum atomic E-state index is 13.0. The molecule has 1 aromatic rings. The van der Waals surface area contributed by atoms with E-state index in [1.54, 1.807) is 12.1 Å². The number of nitrogens with one attached hydrogen (secondary N) is 1. The Balaban J connectivity index is 0.00000450. The molecule has 172 valence electrons.